The normalized spacial score (nSPS) is 12.4. The van der Waals surface area contributed by atoms with Crippen LogP contribution in [0.3, 0.4) is 0 Å². The zero-order chi connectivity index (χ0) is 10.8. The minimum Gasteiger partial charge on any atom is -0.355 e. The van der Waals surface area contributed by atoms with Gasteiger partial charge in [-0.05, 0) is 6.42 Å². The number of hydrogen-bond donors (Lipinski definition) is 2. The molecule has 0 aliphatic heterocycles. The van der Waals surface area contributed by atoms with Crippen LogP contribution < -0.4 is 10.6 Å². The van der Waals surface area contributed by atoms with Gasteiger partial charge in [-0.3, -0.25) is 9.00 Å². The van der Waals surface area contributed by atoms with E-state index in [1.807, 2.05) is 13.8 Å². The summed E-state index contributed by atoms with van der Waals surface area (Å²) >= 11 is 0. The predicted octanol–water partition coefficient (Wildman–Crippen LogP) is -0.129. The first-order valence-electron chi connectivity index (χ1n) is 5.03. The highest BCUT2D eigenvalue weighted by atomic mass is 32.2. The van der Waals surface area contributed by atoms with Crippen molar-refractivity contribution in [3.8, 4) is 0 Å². The van der Waals surface area contributed by atoms with Gasteiger partial charge in [-0.25, -0.2) is 0 Å². The number of amides is 1. The molecule has 1 amide bonds. The van der Waals surface area contributed by atoms with Crippen LogP contribution in [-0.4, -0.2) is 41.3 Å². The van der Waals surface area contributed by atoms with Crippen LogP contribution in [-0.2, 0) is 15.6 Å². The molecule has 0 aliphatic carbocycles. The van der Waals surface area contributed by atoms with Crippen molar-refractivity contribution in [2.45, 2.75) is 20.3 Å². The molecule has 5 heteroatoms. The quantitative estimate of drug-likeness (QED) is 0.560. The lowest BCUT2D eigenvalue weighted by Crippen LogP contribution is -2.35. The summed E-state index contributed by atoms with van der Waals surface area (Å²) in [5.74, 6) is 1.32. The van der Waals surface area contributed by atoms with Gasteiger partial charge in [-0.1, -0.05) is 13.8 Å². The molecule has 0 aliphatic rings. The van der Waals surface area contributed by atoms with Crippen molar-refractivity contribution >= 4 is 16.7 Å². The summed E-state index contributed by atoms with van der Waals surface area (Å²) in [6.45, 7) is 5.59. The summed E-state index contributed by atoms with van der Waals surface area (Å²) in [5.41, 5.74) is 0. The van der Waals surface area contributed by atoms with E-state index in [4.69, 9.17) is 0 Å². The molecule has 0 radical (unpaired) electrons. The third-order valence-corrected chi connectivity index (χ3v) is 2.99. The molecule has 0 saturated carbocycles. The third-order valence-electron chi connectivity index (χ3n) is 1.69. The van der Waals surface area contributed by atoms with Gasteiger partial charge in [-0.15, -0.1) is 0 Å². The molecule has 1 unspecified atom stereocenters. The second-order valence-electron chi connectivity index (χ2n) is 2.96. The first kappa shape index (κ1) is 13.6. The molecule has 0 aromatic rings. The van der Waals surface area contributed by atoms with Gasteiger partial charge in [0.25, 0.3) is 0 Å². The molecule has 0 spiro atoms. The topological polar surface area (TPSA) is 58.2 Å². The number of hydrogen-bond acceptors (Lipinski definition) is 3. The molecule has 14 heavy (non-hydrogen) atoms. The van der Waals surface area contributed by atoms with E-state index >= 15 is 0 Å². The molecule has 1 atom stereocenters. The second-order valence-corrected chi connectivity index (χ2v) is 4.82. The number of carbonyl (C=O) groups is 1. The summed E-state index contributed by atoms with van der Waals surface area (Å²) in [6, 6.07) is 0. The van der Waals surface area contributed by atoms with Crippen molar-refractivity contribution in [1.29, 1.82) is 0 Å². The molecule has 0 heterocycles. The van der Waals surface area contributed by atoms with Gasteiger partial charge < -0.3 is 10.6 Å². The lowest BCUT2D eigenvalue weighted by molar-refractivity contribution is -0.120. The Morgan fingerprint density at radius 1 is 1.29 bits per heavy atom. The van der Waals surface area contributed by atoms with Gasteiger partial charge in [-0.2, -0.15) is 0 Å². The maximum Gasteiger partial charge on any atom is 0.233 e. The molecule has 0 rings (SSSR count). The molecule has 0 aromatic carbocycles. The second kappa shape index (κ2) is 9.15. The van der Waals surface area contributed by atoms with Crippen molar-refractivity contribution < 1.29 is 9.00 Å². The molecule has 2 N–H and O–H groups in total. The van der Waals surface area contributed by atoms with Crippen LogP contribution in [0.5, 0.6) is 0 Å². The lowest BCUT2D eigenvalue weighted by Gasteiger charge is -2.04. The average molecular weight is 220 g/mol. The first-order chi connectivity index (χ1) is 6.70. The maximum absolute atomic E-state index is 11.1. The van der Waals surface area contributed by atoms with Crippen LogP contribution in [0, 0.1) is 0 Å². The fraction of sp³-hybridized carbons (Fsp3) is 0.889. The van der Waals surface area contributed by atoms with Crippen LogP contribution >= 0.6 is 0 Å². The SMILES string of the molecule is CCCNC(=O)CNCCS(=O)CC. The summed E-state index contributed by atoms with van der Waals surface area (Å²) in [7, 11) is -0.741. The van der Waals surface area contributed by atoms with E-state index in [0.717, 1.165) is 13.0 Å². The van der Waals surface area contributed by atoms with Crippen molar-refractivity contribution in [2.75, 3.05) is 31.1 Å². The molecule has 0 bridgehead atoms. The summed E-state index contributed by atoms with van der Waals surface area (Å²) in [5, 5.41) is 5.71. The van der Waals surface area contributed by atoms with E-state index in [-0.39, 0.29) is 5.91 Å². The maximum atomic E-state index is 11.1. The molecule has 4 nitrogen and oxygen atoms in total. The third kappa shape index (κ3) is 8.19. The Morgan fingerprint density at radius 3 is 2.57 bits per heavy atom. The van der Waals surface area contributed by atoms with Gasteiger partial charge in [0.2, 0.25) is 5.91 Å². The summed E-state index contributed by atoms with van der Waals surface area (Å²) < 4.78 is 11.0. The van der Waals surface area contributed by atoms with Crippen LogP contribution in [0.1, 0.15) is 20.3 Å². The van der Waals surface area contributed by atoms with E-state index in [0.29, 0.717) is 24.6 Å². The molecular formula is C9H20N2O2S. The van der Waals surface area contributed by atoms with Crippen molar-refractivity contribution in [3.05, 3.63) is 0 Å². The standard InChI is InChI=1S/C9H20N2O2S/c1-3-5-11-9(12)8-10-6-7-14(13)4-2/h10H,3-8H2,1-2H3,(H,11,12). The molecule has 0 saturated heterocycles. The summed E-state index contributed by atoms with van der Waals surface area (Å²) in [6.07, 6.45) is 0.950. The van der Waals surface area contributed by atoms with Crippen LogP contribution in [0.2, 0.25) is 0 Å². The Hall–Kier alpha value is -0.420. The Labute approximate surface area is 88.3 Å². The van der Waals surface area contributed by atoms with Gasteiger partial charge in [0.05, 0.1) is 6.54 Å². The van der Waals surface area contributed by atoms with E-state index < -0.39 is 10.8 Å². The van der Waals surface area contributed by atoms with Gasteiger partial charge in [0, 0.05) is 35.4 Å². The van der Waals surface area contributed by atoms with E-state index in [1.54, 1.807) is 0 Å². The van der Waals surface area contributed by atoms with Crippen molar-refractivity contribution in [3.63, 3.8) is 0 Å². The molecule has 84 valence electrons. The van der Waals surface area contributed by atoms with Crippen molar-refractivity contribution in [1.82, 2.24) is 10.6 Å². The minimum absolute atomic E-state index is 0.00845. The Bertz CT molecular complexity index is 186. The van der Waals surface area contributed by atoms with Gasteiger partial charge in [0.15, 0.2) is 0 Å². The fourth-order valence-electron chi connectivity index (χ4n) is 0.859. The average Bonchev–Trinajstić information content (AvgIpc) is 2.21. The van der Waals surface area contributed by atoms with E-state index in [2.05, 4.69) is 10.6 Å². The molecule has 0 fully saturated rings. The highest BCUT2D eigenvalue weighted by Gasteiger charge is 1.99. The molecular weight excluding hydrogens is 200 g/mol. The van der Waals surface area contributed by atoms with Gasteiger partial charge >= 0.3 is 0 Å². The number of rotatable bonds is 8. The number of nitrogens with one attached hydrogen (secondary N) is 2. The highest BCUT2D eigenvalue weighted by Crippen LogP contribution is 1.78. The van der Waals surface area contributed by atoms with Crippen LogP contribution in [0.4, 0.5) is 0 Å². The smallest absolute Gasteiger partial charge is 0.233 e. The Morgan fingerprint density at radius 2 is 2.00 bits per heavy atom. The zero-order valence-corrected chi connectivity index (χ0v) is 9.78. The Kier molecular flexibility index (Phi) is 8.87. The first-order valence-corrected chi connectivity index (χ1v) is 6.51. The fourth-order valence-corrected chi connectivity index (χ4v) is 1.52. The Balaban J connectivity index is 3.27. The predicted molar refractivity (Wildman–Crippen MR) is 59.7 cm³/mol. The van der Waals surface area contributed by atoms with E-state index in [1.165, 1.54) is 0 Å². The van der Waals surface area contributed by atoms with Crippen LogP contribution in [0.15, 0.2) is 0 Å². The summed E-state index contributed by atoms with van der Waals surface area (Å²) in [4.78, 5) is 11.1. The molecule has 0 aromatic heterocycles. The largest absolute Gasteiger partial charge is 0.355 e. The monoisotopic (exact) mass is 220 g/mol. The van der Waals surface area contributed by atoms with Crippen LogP contribution in [0.25, 0.3) is 0 Å². The zero-order valence-electron chi connectivity index (χ0n) is 8.97. The minimum atomic E-state index is -0.741. The van der Waals surface area contributed by atoms with Gasteiger partial charge in [0.1, 0.15) is 0 Å². The van der Waals surface area contributed by atoms with Crippen molar-refractivity contribution in [2.24, 2.45) is 0 Å². The number of carbonyl (C=O) groups excluding carboxylic acids is 1. The highest BCUT2D eigenvalue weighted by molar-refractivity contribution is 7.84. The lowest BCUT2D eigenvalue weighted by atomic mass is 10.4. The van der Waals surface area contributed by atoms with E-state index in [9.17, 15) is 9.00 Å².